The van der Waals surface area contributed by atoms with E-state index in [1.807, 2.05) is 25.2 Å². The van der Waals surface area contributed by atoms with Crippen LogP contribution in [0.5, 0.6) is 5.75 Å². The van der Waals surface area contributed by atoms with Crippen molar-refractivity contribution in [2.24, 2.45) is 0 Å². The number of ether oxygens (including phenoxy) is 1. The Morgan fingerprint density at radius 2 is 2.05 bits per heavy atom. The van der Waals surface area contributed by atoms with E-state index in [4.69, 9.17) is 10.00 Å². The molecule has 0 bridgehead atoms. The van der Waals surface area contributed by atoms with Gasteiger partial charge in [-0.3, -0.25) is 0 Å². The lowest BCUT2D eigenvalue weighted by Gasteiger charge is -2.10. The monoisotopic (exact) mass is 252 g/mol. The maximum Gasteiger partial charge on any atom is 0.121 e. The summed E-state index contributed by atoms with van der Waals surface area (Å²) in [4.78, 5) is 0. The Hall–Kier alpha value is -2.47. The zero-order chi connectivity index (χ0) is 13.7. The molecule has 0 saturated carbocycles. The fourth-order valence-corrected chi connectivity index (χ4v) is 1.83. The number of aryl methyl sites for hydroxylation is 1. The summed E-state index contributed by atoms with van der Waals surface area (Å²) in [5.74, 6) is 0.719. The molecule has 0 spiro atoms. The van der Waals surface area contributed by atoms with Gasteiger partial charge in [-0.15, -0.1) is 0 Å². The maximum atomic E-state index is 8.84. The quantitative estimate of drug-likeness (QED) is 0.906. The van der Waals surface area contributed by atoms with Crippen LogP contribution in [0.25, 0.3) is 0 Å². The molecule has 0 fully saturated rings. The van der Waals surface area contributed by atoms with Crippen molar-refractivity contribution in [2.75, 3.05) is 12.4 Å². The molecular weight excluding hydrogens is 236 g/mol. The Kier molecular flexibility index (Phi) is 4.04. The average Bonchev–Trinajstić information content (AvgIpc) is 2.46. The number of nitriles is 1. The smallest absolute Gasteiger partial charge is 0.121 e. The molecular formula is C16H16N2O. The molecule has 0 radical (unpaired) electrons. The van der Waals surface area contributed by atoms with Crippen LogP contribution in [-0.4, -0.2) is 7.05 Å². The molecule has 2 rings (SSSR count). The highest BCUT2D eigenvalue weighted by atomic mass is 16.5. The summed E-state index contributed by atoms with van der Waals surface area (Å²) in [6, 6.07) is 15.5. The normalized spacial score (nSPS) is 9.74. The molecule has 0 saturated heterocycles. The second-order valence-electron chi connectivity index (χ2n) is 4.32. The Bertz CT molecular complexity index is 614. The summed E-state index contributed by atoms with van der Waals surface area (Å²) in [5, 5.41) is 11.9. The molecule has 0 aromatic heterocycles. The first-order chi connectivity index (χ1) is 9.22. The van der Waals surface area contributed by atoms with Gasteiger partial charge in [0.25, 0.3) is 0 Å². The van der Waals surface area contributed by atoms with Gasteiger partial charge in [-0.2, -0.15) is 5.26 Å². The molecule has 0 heterocycles. The lowest BCUT2D eigenvalue weighted by atomic mass is 10.1. The van der Waals surface area contributed by atoms with E-state index in [9.17, 15) is 0 Å². The third-order valence-corrected chi connectivity index (χ3v) is 2.99. The van der Waals surface area contributed by atoms with Gasteiger partial charge in [0.2, 0.25) is 0 Å². The van der Waals surface area contributed by atoms with E-state index in [2.05, 4.69) is 30.4 Å². The number of benzene rings is 2. The van der Waals surface area contributed by atoms with E-state index in [0.717, 1.165) is 17.0 Å². The SMILES string of the molecule is CNc1ccc(COc2cccc(C#N)c2)c(C)c1. The summed E-state index contributed by atoms with van der Waals surface area (Å²) in [5.41, 5.74) is 4.03. The number of anilines is 1. The van der Waals surface area contributed by atoms with Crippen LogP contribution in [-0.2, 0) is 6.61 Å². The first kappa shape index (κ1) is 13.0. The number of nitrogens with one attached hydrogen (secondary N) is 1. The highest BCUT2D eigenvalue weighted by Crippen LogP contribution is 2.18. The van der Waals surface area contributed by atoms with Crippen LogP contribution in [0.1, 0.15) is 16.7 Å². The summed E-state index contributed by atoms with van der Waals surface area (Å²) in [6.07, 6.45) is 0. The van der Waals surface area contributed by atoms with E-state index in [-0.39, 0.29) is 0 Å². The second-order valence-corrected chi connectivity index (χ2v) is 4.32. The highest BCUT2D eigenvalue weighted by molar-refractivity contribution is 5.47. The third-order valence-electron chi connectivity index (χ3n) is 2.99. The molecule has 0 amide bonds. The first-order valence-electron chi connectivity index (χ1n) is 6.13. The van der Waals surface area contributed by atoms with Crippen molar-refractivity contribution in [1.29, 1.82) is 5.26 Å². The topological polar surface area (TPSA) is 45.0 Å². The average molecular weight is 252 g/mol. The molecule has 2 aromatic carbocycles. The first-order valence-corrected chi connectivity index (χ1v) is 6.13. The summed E-state index contributed by atoms with van der Waals surface area (Å²) < 4.78 is 5.72. The van der Waals surface area contributed by atoms with Crippen molar-refractivity contribution in [2.45, 2.75) is 13.5 Å². The van der Waals surface area contributed by atoms with Crippen LogP contribution in [0.2, 0.25) is 0 Å². The number of hydrogen-bond acceptors (Lipinski definition) is 3. The van der Waals surface area contributed by atoms with Crippen molar-refractivity contribution < 1.29 is 4.74 Å². The van der Waals surface area contributed by atoms with Crippen LogP contribution in [0.15, 0.2) is 42.5 Å². The van der Waals surface area contributed by atoms with E-state index in [1.165, 1.54) is 5.56 Å². The van der Waals surface area contributed by atoms with Gasteiger partial charge in [-0.1, -0.05) is 12.1 Å². The summed E-state index contributed by atoms with van der Waals surface area (Å²) >= 11 is 0. The van der Waals surface area contributed by atoms with Gasteiger partial charge < -0.3 is 10.1 Å². The van der Waals surface area contributed by atoms with Crippen LogP contribution in [0.4, 0.5) is 5.69 Å². The zero-order valence-corrected chi connectivity index (χ0v) is 11.1. The van der Waals surface area contributed by atoms with Crippen LogP contribution >= 0.6 is 0 Å². The minimum atomic E-state index is 0.505. The van der Waals surface area contributed by atoms with Gasteiger partial charge in [-0.05, 0) is 48.4 Å². The van der Waals surface area contributed by atoms with E-state index >= 15 is 0 Å². The third kappa shape index (κ3) is 3.26. The maximum absolute atomic E-state index is 8.84. The molecule has 1 N–H and O–H groups in total. The lowest BCUT2D eigenvalue weighted by molar-refractivity contribution is 0.305. The van der Waals surface area contributed by atoms with Crippen LogP contribution in [0.3, 0.4) is 0 Å². The molecule has 2 aromatic rings. The van der Waals surface area contributed by atoms with Crippen LogP contribution in [0, 0.1) is 18.3 Å². The number of hydrogen-bond donors (Lipinski definition) is 1. The Balaban J connectivity index is 2.08. The fraction of sp³-hybridized carbons (Fsp3) is 0.188. The minimum Gasteiger partial charge on any atom is -0.489 e. The van der Waals surface area contributed by atoms with Crippen molar-refractivity contribution in [1.82, 2.24) is 0 Å². The Morgan fingerprint density at radius 1 is 1.21 bits per heavy atom. The molecule has 0 aliphatic carbocycles. The van der Waals surface area contributed by atoms with E-state index in [1.54, 1.807) is 12.1 Å². The van der Waals surface area contributed by atoms with Gasteiger partial charge in [0, 0.05) is 12.7 Å². The van der Waals surface area contributed by atoms with Crippen molar-refractivity contribution in [3.63, 3.8) is 0 Å². The minimum absolute atomic E-state index is 0.505. The molecule has 0 unspecified atom stereocenters. The van der Waals surface area contributed by atoms with Gasteiger partial charge in [0.1, 0.15) is 12.4 Å². The molecule has 0 atom stereocenters. The Morgan fingerprint density at radius 3 is 2.74 bits per heavy atom. The van der Waals surface area contributed by atoms with Gasteiger partial charge >= 0.3 is 0 Å². The highest BCUT2D eigenvalue weighted by Gasteiger charge is 2.02. The molecule has 0 aliphatic rings. The van der Waals surface area contributed by atoms with Crippen LogP contribution < -0.4 is 10.1 Å². The van der Waals surface area contributed by atoms with Crippen molar-refractivity contribution in [3.05, 3.63) is 59.2 Å². The number of nitrogens with zero attached hydrogens (tertiary/aromatic N) is 1. The second kappa shape index (κ2) is 5.92. The lowest BCUT2D eigenvalue weighted by Crippen LogP contribution is -1.99. The molecule has 3 nitrogen and oxygen atoms in total. The predicted octanol–water partition coefficient (Wildman–Crippen LogP) is 3.49. The molecule has 3 heteroatoms. The predicted molar refractivity (Wildman–Crippen MR) is 76.2 cm³/mol. The standard InChI is InChI=1S/C16H16N2O/c1-12-8-15(18-2)7-6-14(12)11-19-16-5-3-4-13(9-16)10-17/h3-9,18H,11H2,1-2H3. The number of rotatable bonds is 4. The van der Waals surface area contributed by atoms with E-state index < -0.39 is 0 Å². The molecule has 96 valence electrons. The summed E-state index contributed by atoms with van der Waals surface area (Å²) in [7, 11) is 1.90. The van der Waals surface area contributed by atoms with Crippen molar-refractivity contribution in [3.8, 4) is 11.8 Å². The largest absolute Gasteiger partial charge is 0.489 e. The van der Waals surface area contributed by atoms with Gasteiger partial charge in [0.05, 0.1) is 11.6 Å². The zero-order valence-electron chi connectivity index (χ0n) is 11.1. The van der Waals surface area contributed by atoms with Gasteiger partial charge in [0.15, 0.2) is 0 Å². The van der Waals surface area contributed by atoms with Gasteiger partial charge in [-0.25, -0.2) is 0 Å². The molecule has 19 heavy (non-hydrogen) atoms. The summed E-state index contributed by atoms with van der Waals surface area (Å²) in [6.45, 7) is 2.57. The Labute approximate surface area is 113 Å². The molecule has 0 aliphatic heterocycles. The van der Waals surface area contributed by atoms with E-state index in [0.29, 0.717) is 12.2 Å². The van der Waals surface area contributed by atoms with Crippen molar-refractivity contribution >= 4 is 5.69 Å². The fourth-order valence-electron chi connectivity index (χ4n) is 1.83.